The average molecular weight is 448 g/mol. The molecule has 0 radical (unpaired) electrons. The second kappa shape index (κ2) is 7.43. The van der Waals surface area contributed by atoms with Gasteiger partial charge in [-0.2, -0.15) is 0 Å². The number of halogens is 1. The summed E-state index contributed by atoms with van der Waals surface area (Å²) in [7, 11) is 1.50. The first-order valence-corrected chi connectivity index (χ1v) is 10.3. The van der Waals surface area contributed by atoms with Gasteiger partial charge < -0.3 is 14.3 Å². The smallest absolute Gasteiger partial charge is 0.295 e. The maximum atomic E-state index is 13.6. The minimum absolute atomic E-state index is 0.0216. The Labute approximate surface area is 188 Å². The fourth-order valence-corrected chi connectivity index (χ4v) is 4.42. The summed E-state index contributed by atoms with van der Waals surface area (Å²) in [4.78, 5) is 28.6. The largest absolute Gasteiger partial charge is 0.508 e. The van der Waals surface area contributed by atoms with Gasteiger partial charge in [0.15, 0.2) is 5.43 Å². The maximum absolute atomic E-state index is 13.6. The summed E-state index contributed by atoms with van der Waals surface area (Å²) in [6.07, 6.45) is 0. The molecule has 6 nitrogen and oxygen atoms in total. The van der Waals surface area contributed by atoms with Crippen molar-refractivity contribution in [3.8, 4) is 11.5 Å². The van der Waals surface area contributed by atoms with Gasteiger partial charge in [-0.15, -0.1) is 0 Å². The van der Waals surface area contributed by atoms with Gasteiger partial charge in [0.25, 0.3) is 5.91 Å². The Kier molecular flexibility index (Phi) is 4.68. The molecule has 1 unspecified atom stereocenters. The average Bonchev–Trinajstić information content (AvgIpc) is 3.07. The molecular formula is C25H18ClNO5. The summed E-state index contributed by atoms with van der Waals surface area (Å²) in [6, 6.07) is 15.9. The molecular weight excluding hydrogens is 430 g/mol. The van der Waals surface area contributed by atoms with Gasteiger partial charge in [-0.05, 0) is 55.0 Å². The fraction of sp³-hybridized carbons (Fsp3) is 0.120. The Hall–Kier alpha value is -3.77. The quantitative estimate of drug-likeness (QED) is 0.465. The second-order valence-electron chi connectivity index (χ2n) is 7.67. The molecule has 0 saturated carbocycles. The minimum Gasteiger partial charge on any atom is -0.508 e. The van der Waals surface area contributed by atoms with Gasteiger partial charge in [-0.3, -0.25) is 14.5 Å². The van der Waals surface area contributed by atoms with Crippen molar-refractivity contribution >= 4 is 34.2 Å². The predicted molar refractivity (Wildman–Crippen MR) is 122 cm³/mol. The number of aromatic hydroxyl groups is 1. The zero-order valence-electron chi connectivity index (χ0n) is 17.3. The SMILES string of the molecule is COc1ccc(N2C(=O)c3oc4ccc(C)cc4c(=O)c3C2c2cccc(O)c2)cc1Cl. The Morgan fingerprint density at radius 3 is 2.59 bits per heavy atom. The van der Waals surface area contributed by atoms with E-state index in [9.17, 15) is 14.7 Å². The van der Waals surface area contributed by atoms with E-state index in [1.54, 1.807) is 42.5 Å². The van der Waals surface area contributed by atoms with Gasteiger partial charge in [0.2, 0.25) is 5.76 Å². The zero-order chi connectivity index (χ0) is 22.6. The first-order valence-electron chi connectivity index (χ1n) is 9.92. The van der Waals surface area contributed by atoms with Crippen LogP contribution >= 0.6 is 11.6 Å². The van der Waals surface area contributed by atoms with E-state index in [1.807, 2.05) is 13.0 Å². The lowest BCUT2D eigenvalue weighted by atomic mass is 9.97. The Bertz CT molecular complexity index is 1460. The normalized spacial score (nSPS) is 15.3. The van der Waals surface area contributed by atoms with E-state index >= 15 is 0 Å². The number of ether oxygens (including phenoxy) is 1. The molecule has 0 spiro atoms. The number of benzene rings is 3. The third kappa shape index (κ3) is 3.03. The molecule has 4 aromatic rings. The molecule has 1 atom stereocenters. The van der Waals surface area contributed by atoms with Crippen molar-refractivity contribution < 1.29 is 19.1 Å². The summed E-state index contributed by atoms with van der Waals surface area (Å²) >= 11 is 6.33. The van der Waals surface area contributed by atoms with Crippen LogP contribution in [0.3, 0.4) is 0 Å². The van der Waals surface area contributed by atoms with E-state index in [4.69, 9.17) is 20.8 Å². The number of amides is 1. The molecule has 0 saturated heterocycles. The lowest BCUT2D eigenvalue weighted by Crippen LogP contribution is -2.29. The zero-order valence-corrected chi connectivity index (χ0v) is 18.0. The summed E-state index contributed by atoms with van der Waals surface area (Å²) in [6.45, 7) is 1.88. The first kappa shape index (κ1) is 20.2. The summed E-state index contributed by atoms with van der Waals surface area (Å²) in [5.74, 6) is 0.00168. The Morgan fingerprint density at radius 1 is 1.06 bits per heavy atom. The second-order valence-corrected chi connectivity index (χ2v) is 8.07. The summed E-state index contributed by atoms with van der Waals surface area (Å²) in [5.41, 5.74) is 2.24. The molecule has 1 aliphatic heterocycles. The number of phenols is 1. The molecule has 5 rings (SSSR count). The van der Waals surface area contributed by atoms with Crippen molar-refractivity contribution in [2.45, 2.75) is 13.0 Å². The number of hydrogen-bond donors (Lipinski definition) is 1. The number of fused-ring (bicyclic) bond motifs is 2. The van der Waals surface area contributed by atoms with Crippen LogP contribution in [0.25, 0.3) is 11.0 Å². The van der Waals surface area contributed by atoms with E-state index in [0.717, 1.165) is 5.56 Å². The highest BCUT2D eigenvalue weighted by molar-refractivity contribution is 6.32. The van der Waals surface area contributed by atoms with Crippen LogP contribution in [0.2, 0.25) is 5.02 Å². The number of nitrogens with zero attached hydrogens (tertiary/aromatic N) is 1. The number of methoxy groups -OCH3 is 1. The lowest BCUT2D eigenvalue weighted by molar-refractivity contribution is 0.0971. The van der Waals surface area contributed by atoms with Crippen LogP contribution < -0.4 is 15.1 Å². The van der Waals surface area contributed by atoms with Crippen LogP contribution in [0.15, 0.2) is 69.9 Å². The molecule has 0 fully saturated rings. The first-order chi connectivity index (χ1) is 15.4. The predicted octanol–water partition coefficient (Wildman–Crippen LogP) is 5.22. The molecule has 3 aromatic carbocycles. The van der Waals surface area contributed by atoms with Crippen molar-refractivity contribution in [2.24, 2.45) is 0 Å². The highest BCUT2D eigenvalue weighted by Crippen LogP contribution is 2.43. The van der Waals surface area contributed by atoms with E-state index in [0.29, 0.717) is 33.0 Å². The van der Waals surface area contributed by atoms with Gasteiger partial charge in [0.05, 0.1) is 29.1 Å². The van der Waals surface area contributed by atoms with Gasteiger partial charge in [0.1, 0.15) is 17.1 Å². The van der Waals surface area contributed by atoms with E-state index in [-0.39, 0.29) is 22.5 Å². The number of rotatable bonds is 3. The topological polar surface area (TPSA) is 80.0 Å². The van der Waals surface area contributed by atoms with Gasteiger partial charge in [-0.25, -0.2) is 0 Å². The van der Waals surface area contributed by atoms with Gasteiger partial charge >= 0.3 is 0 Å². The van der Waals surface area contributed by atoms with Crippen molar-refractivity contribution in [2.75, 3.05) is 12.0 Å². The van der Waals surface area contributed by atoms with Crippen LogP contribution in [-0.2, 0) is 0 Å². The molecule has 1 amide bonds. The van der Waals surface area contributed by atoms with Crippen LogP contribution in [0.4, 0.5) is 5.69 Å². The van der Waals surface area contributed by atoms with Crippen LogP contribution in [-0.4, -0.2) is 18.1 Å². The highest BCUT2D eigenvalue weighted by atomic mass is 35.5. The number of hydrogen-bond acceptors (Lipinski definition) is 5. The third-order valence-electron chi connectivity index (χ3n) is 5.63. The van der Waals surface area contributed by atoms with Crippen molar-refractivity contribution in [1.82, 2.24) is 0 Å². The Morgan fingerprint density at radius 2 is 1.88 bits per heavy atom. The number of phenolic OH excluding ortho intramolecular Hbond substituents is 1. The molecule has 0 bridgehead atoms. The van der Waals surface area contributed by atoms with Gasteiger partial charge in [0, 0.05) is 5.69 Å². The van der Waals surface area contributed by atoms with E-state index in [1.165, 1.54) is 24.1 Å². The molecule has 0 aliphatic carbocycles. The maximum Gasteiger partial charge on any atom is 0.295 e. The Balaban J connectivity index is 1.81. The van der Waals surface area contributed by atoms with E-state index < -0.39 is 11.9 Å². The van der Waals surface area contributed by atoms with Crippen molar-refractivity contribution in [1.29, 1.82) is 0 Å². The van der Waals surface area contributed by atoms with Crippen molar-refractivity contribution in [3.63, 3.8) is 0 Å². The molecule has 160 valence electrons. The molecule has 1 N–H and O–H groups in total. The molecule has 1 aromatic heterocycles. The third-order valence-corrected chi connectivity index (χ3v) is 5.92. The summed E-state index contributed by atoms with van der Waals surface area (Å²) in [5, 5.41) is 10.8. The number of carbonyl (C=O) groups is 1. The molecule has 32 heavy (non-hydrogen) atoms. The fourth-order valence-electron chi connectivity index (χ4n) is 4.17. The van der Waals surface area contributed by atoms with Crippen LogP contribution in [0.5, 0.6) is 11.5 Å². The van der Waals surface area contributed by atoms with Crippen molar-refractivity contribution in [3.05, 3.63) is 98.4 Å². The minimum atomic E-state index is -0.796. The van der Waals surface area contributed by atoms with Crippen LogP contribution in [0.1, 0.15) is 33.3 Å². The number of aryl methyl sites for hydroxylation is 1. The van der Waals surface area contributed by atoms with E-state index in [2.05, 4.69) is 0 Å². The monoisotopic (exact) mass is 447 g/mol. The van der Waals surface area contributed by atoms with Gasteiger partial charge in [-0.1, -0.05) is 35.4 Å². The summed E-state index contributed by atoms with van der Waals surface area (Å²) < 4.78 is 11.2. The van der Waals surface area contributed by atoms with Crippen LogP contribution in [0, 0.1) is 6.92 Å². The standard InChI is InChI=1S/C25H18ClNO5/c1-13-6-8-19-17(10-13)23(29)21-22(14-4-3-5-16(28)11-14)27(25(30)24(21)32-19)15-7-9-20(31-2)18(26)12-15/h3-12,22,28H,1-2H3. The molecule has 2 heterocycles. The molecule has 1 aliphatic rings. The highest BCUT2D eigenvalue weighted by Gasteiger charge is 2.43. The number of carbonyl (C=O) groups excluding carboxylic acids is 1. The molecule has 7 heteroatoms. The number of anilines is 1. The lowest BCUT2D eigenvalue weighted by Gasteiger charge is -2.25.